The van der Waals surface area contributed by atoms with E-state index in [1.165, 1.54) is 6.07 Å². The molecule has 0 aliphatic carbocycles. The standard InChI is InChI=1S/C7H5F3O.C3H4N2/c8-7(9,10)5-2-1-3-6(11)4-5;1-2-5-3-4-1/h1-4,11H;1-3H,(H,4,5). The van der Waals surface area contributed by atoms with Gasteiger partial charge in [0.05, 0.1) is 11.9 Å². The van der Waals surface area contributed by atoms with Crippen LogP contribution in [-0.2, 0) is 6.18 Å². The highest BCUT2D eigenvalue weighted by atomic mass is 19.4. The average Bonchev–Trinajstić information content (AvgIpc) is 2.74. The second kappa shape index (κ2) is 5.20. The average molecular weight is 230 g/mol. The third-order valence-electron chi connectivity index (χ3n) is 1.58. The van der Waals surface area contributed by atoms with Crippen molar-refractivity contribution >= 4 is 0 Å². The zero-order valence-corrected chi connectivity index (χ0v) is 8.07. The molecule has 2 aromatic rings. The summed E-state index contributed by atoms with van der Waals surface area (Å²) in [5.41, 5.74) is -0.836. The Bertz CT molecular complexity index is 395. The Hall–Kier alpha value is -1.98. The Morgan fingerprint density at radius 2 is 2.00 bits per heavy atom. The lowest BCUT2D eigenvalue weighted by Gasteiger charge is -2.05. The first-order valence-electron chi connectivity index (χ1n) is 4.29. The fourth-order valence-electron chi connectivity index (χ4n) is 0.897. The van der Waals surface area contributed by atoms with Crippen molar-refractivity contribution < 1.29 is 18.3 Å². The van der Waals surface area contributed by atoms with Gasteiger partial charge in [-0.15, -0.1) is 0 Å². The van der Waals surface area contributed by atoms with E-state index in [0.29, 0.717) is 6.07 Å². The number of alkyl halides is 3. The van der Waals surface area contributed by atoms with Gasteiger partial charge >= 0.3 is 6.18 Å². The monoisotopic (exact) mass is 230 g/mol. The number of hydrogen-bond acceptors (Lipinski definition) is 2. The van der Waals surface area contributed by atoms with Gasteiger partial charge in [-0.1, -0.05) is 6.07 Å². The predicted octanol–water partition coefficient (Wildman–Crippen LogP) is 2.82. The maximum atomic E-state index is 11.9. The summed E-state index contributed by atoms with van der Waals surface area (Å²) in [6.45, 7) is 0. The van der Waals surface area contributed by atoms with Crippen LogP contribution < -0.4 is 0 Å². The van der Waals surface area contributed by atoms with Crippen LogP contribution in [0.3, 0.4) is 0 Å². The molecule has 1 aromatic carbocycles. The summed E-state index contributed by atoms with van der Waals surface area (Å²) < 4.78 is 35.6. The largest absolute Gasteiger partial charge is 0.508 e. The summed E-state index contributed by atoms with van der Waals surface area (Å²) >= 11 is 0. The van der Waals surface area contributed by atoms with E-state index in [9.17, 15) is 13.2 Å². The van der Waals surface area contributed by atoms with Gasteiger partial charge in [0, 0.05) is 12.4 Å². The first-order chi connectivity index (χ1) is 7.50. The third kappa shape index (κ3) is 4.04. The summed E-state index contributed by atoms with van der Waals surface area (Å²) in [6.07, 6.45) is 0.707. The van der Waals surface area contributed by atoms with Crippen molar-refractivity contribution in [2.24, 2.45) is 0 Å². The van der Waals surface area contributed by atoms with Crippen molar-refractivity contribution in [3.8, 4) is 5.75 Å². The predicted molar refractivity (Wildman–Crippen MR) is 51.7 cm³/mol. The molecule has 0 aliphatic heterocycles. The van der Waals surface area contributed by atoms with Crippen molar-refractivity contribution in [3.05, 3.63) is 48.5 Å². The van der Waals surface area contributed by atoms with E-state index < -0.39 is 11.7 Å². The summed E-state index contributed by atoms with van der Waals surface area (Å²) in [4.78, 5) is 6.42. The second-order valence-electron chi connectivity index (χ2n) is 2.81. The molecule has 86 valence electrons. The number of phenolic OH excluding ortho intramolecular Hbond substituents is 1. The number of nitrogens with one attached hydrogen (secondary N) is 1. The van der Waals surface area contributed by atoms with Crippen molar-refractivity contribution in [2.75, 3.05) is 0 Å². The Kier molecular flexibility index (Phi) is 3.93. The van der Waals surface area contributed by atoms with E-state index in [-0.39, 0.29) is 5.75 Å². The number of H-pyrrole nitrogens is 1. The van der Waals surface area contributed by atoms with E-state index in [1.807, 2.05) is 0 Å². The van der Waals surface area contributed by atoms with Gasteiger partial charge in [-0.2, -0.15) is 13.2 Å². The summed E-state index contributed by atoms with van der Waals surface area (Å²) in [5, 5.41) is 8.68. The van der Waals surface area contributed by atoms with Crippen LogP contribution in [0.1, 0.15) is 5.56 Å². The fourth-order valence-corrected chi connectivity index (χ4v) is 0.897. The molecule has 0 saturated carbocycles. The molecular formula is C10H9F3N2O. The maximum absolute atomic E-state index is 11.9. The molecule has 1 aromatic heterocycles. The van der Waals surface area contributed by atoms with Crippen molar-refractivity contribution in [3.63, 3.8) is 0 Å². The van der Waals surface area contributed by atoms with E-state index in [0.717, 1.165) is 12.1 Å². The van der Waals surface area contributed by atoms with Crippen LogP contribution in [0.25, 0.3) is 0 Å². The van der Waals surface area contributed by atoms with Crippen molar-refractivity contribution in [1.29, 1.82) is 0 Å². The first kappa shape index (κ1) is 12.1. The molecule has 0 spiro atoms. The van der Waals surface area contributed by atoms with E-state index in [4.69, 9.17) is 5.11 Å². The number of benzene rings is 1. The zero-order chi connectivity index (χ0) is 12.0. The molecule has 0 unspecified atom stereocenters. The molecule has 2 rings (SSSR count). The first-order valence-corrected chi connectivity index (χ1v) is 4.29. The molecule has 2 N–H and O–H groups in total. The number of hydrogen-bond donors (Lipinski definition) is 2. The van der Waals surface area contributed by atoms with Crippen LogP contribution in [0, 0.1) is 0 Å². The minimum Gasteiger partial charge on any atom is -0.508 e. The highest BCUT2D eigenvalue weighted by Gasteiger charge is 2.30. The highest BCUT2D eigenvalue weighted by Crippen LogP contribution is 2.30. The molecule has 0 radical (unpaired) electrons. The SMILES string of the molecule is Oc1cccc(C(F)(F)F)c1.c1c[nH]cn1. The van der Waals surface area contributed by atoms with Crippen LogP contribution in [0.4, 0.5) is 13.2 Å². The van der Waals surface area contributed by atoms with Gasteiger partial charge in [0.2, 0.25) is 0 Å². The third-order valence-corrected chi connectivity index (χ3v) is 1.58. The minimum atomic E-state index is -4.38. The lowest BCUT2D eigenvalue weighted by Crippen LogP contribution is -2.03. The van der Waals surface area contributed by atoms with Crippen LogP contribution in [0.5, 0.6) is 5.75 Å². The van der Waals surface area contributed by atoms with Gasteiger partial charge in [-0.3, -0.25) is 0 Å². The van der Waals surface area contributed by atoms with E-state index >= 15 is 0 Å². The molecule has 6 heteroatoms. The number of aromatic nitrogens is 2. The second-order valence-corrected chi connectivity index (χ2v) is 2.81. The topological polar surface area (TPSA) is 48.9 Å². The lowest BCUT2D eigenvalue weighted by molar-refractivity contribution is -0.137. The van der Waals surface area contributed by atoms with E-state index in [2.05, 4.69) is 9.97 Å². The van der Waals surface area contributed by atoms with Gasteiger partial charge in [0.1, 0.15) is 5.75 Å². The van der Waals surface area contributed by atoms with Crippen LogP contribution in [0.2, 0.25) is 0 Å². The van der Waals surface area contributed by atoms with Gasteiger partial charge < -0.3 is 10.1 Å². The molecule has 0 fully saturated rings. The maximum Gasteiger partial charge on any atom is 0.416 e. The molecular weight excluding hydrogens is 221 g/mol. The normalized spacial score (nSPS) is 10.4. The number of phenols is 1. The molecule has 0 atom stereocenters. The summed E-state index contributed by atoms with van der Waals surface area (Å²) in [5.74, 6) is -0.375. The Balaban J connectivity index is 0.000000212. The molecule has 16 heavy (non-hydrogen) atoms. The zero-order valence-electron chi connectivity index (χ0n) is 8.07. The summed E-state index contributed by atoms with van der Waals surface area (Å²) in [7, 11) is 0. The smallest absolute Gasteiger partial charge is 0.416 e. The molecule has 0 aliphatic rings. The van der Waals surface area contributed by atoms with Crippen molar-refractivity contribution in [1.82, 2.24) is 9.97 Å². The molecule has 0 amide bonds. The number of aromatic amines is 1. The Labute approximate surface area is 89.6 Å². The van der Waals surface area contributed by atoms with Gasteiger partial charge in [0.25, 0.3) is 0 Å². The lowest BCUT2D eigenvalue weighted by atomic mass is 10.2. The number of nitrogens with zero attached hydrogens (tertiary/aromatic N) is 1. The number of halogens is 3. The minimum absolute atomic E-state index is 0.375. The van der Waals surface area contributed by atoms with Crippen LogP contribution >= 0.6 is 0 Å². The molecule has 0 bridgehead atoms. The van der Waals surface area contributed by atoms with Gasteiger partial charge in [0.15, 0.2) is 0 Å². The van der Waals surface area contributed by atoms with Gasteiger partial charge in [-0.05, 0) is 18.2 Å². The highest BCUT2D eigenvalue weighted by molar-refractivity contribution is 5.28. The number of aromatic hydroxyl groups is 1. The number of rotatable bonds is 0. The van der Waals surface area contributed by atoms with Gasteiger partial charge in [-0.25, -0.2) is 4.98 Å². The van der Waals surface area contributed by atoms with Crippen LogP contribution in [-0.4, -0.2) is 15.1 Å². The molecule has 3 nitrogen and oxygen atoms in total. The van der Waals surface area contributed by atoms with Crippen molar-refractivity contribution in [2.45, 2.75) is 6.18 Å². The quantitative estimate of drug-likeness (QED) is 0.731. The van der Waals surface area contributed by atoms with Crippen LogP contribution in [0.15, 0.2) is 43.0 Å². The van der Waals surface area contributed by atoms with E-state index in [1.54, 1.807) is 18.7 Å². The number of imidazole rings is 1. The summed E-state index contributed by atoms with van der Waals surface area (Å²) in [6, 6.07) is 3.92. The Morgan fingerprint density at radius 3 is 2.31 bits per heavy atom. The Morgan fingerprint density at radius 1 is 1.25 bits per heavy atom. The molecule has 1 heterocycles. The molecule has 0 saturated heterocycles. The fraction of sp³-hybridized carbons (Fsp3) is 0.100.